The van der Waals surface area contributed by atoms with Gasteiger partial charge in [0.1, 0.15) is 12.4 Å². The summed E-state index contributed by atoms with van der Waals surface area (Å²) >= 11 is 0. The molecule has 0 aliphatic heterocycles. The topological polar surface area (TPSA) is 26.3 Å². The third-order valence-electron chi connectivity index (χ3n) is 3.33. The van der Waals surface area contributed by atoms with Crippen molar-refractivity contribution in [1.29, 1.82) is 0 Å². The number of Topliss-reactive ketones (excluding diaryl/α,β-unsaturated/α-hetero) is 1. The predicted molar refractivity (Wildman–Crippen MR) is 81.2 cm³/mol. The van der Waals surface area contributed by atoms with Gasteiger partial charge in [-0.05, 0) is 29.7 Å². The van der Waals surface area contributed by atoms with Gasteiger partial charge in [-0.2, -0.15) is 0 Å². The number of ether oxygens (including phenoxy) is 1. The summed E-state index contributed by atoms with van der Waals surface area (Å²) in [4.78, 5) is 11.8. The summed E-state index contributed by atoms with van der Waals surface area (Å²) in [6.45, 7) is 4.48. The predicted octanol–water partition coefficient (Wildman–Crippen LogP) is 4.42. The van der Waals surface area contributed by atoms with Gasteiger partial charge in [-0.1, -0.05) is 50.2 Å². The van der Waals surface area contributed by atoms with E-state index in [1.165, 1.54) is 5.56 Å². The van der Waals surface area contributed by atoms with E-state index in [9.17, 15) is 4.79 Å². The van der Waals surface area contributed by atoms with Crippen LogP contribution in [0.2, 0.25) is 0 Å². The number of carbonyl (C=O) groups excluding carboxylic acids is 1. The zero-order valence-corrected chi connectivity index (χ0v) is 12.1. The van der Waals surface area contributed by atoms with Gasteiger partial charge in [0.15, 0.2) is 5.78 Å². The highest BCUT2D eigenvalue weighted by atomic mass is 16.5. The zero-order chi connectivity index (χ0) is 14.4. The van der Waals surface area contributed by atoms with Gasteiger partial charge in [-0.25, -0.2) is 0 Å². The fourth-order valence-electron chi connectivity index (χ4n) is 2.05. The molecular weight excluding hydrogens is 248 g/mol. The number of para-hydroxylation sites is 1. The van der Waals surface area contributed by atoms with Crippen molar-refractivity contribution in [1.82, 2.24) is 0 Å². The second-order valence-electron chi connectivity index (χ2n) is 4.73. The maximum atomic E-state index is 11.8. The molecule has 0 aliphatic rings. The number of rotatable bonds is 6. The summed E-state index contributed by atoms with van der Waals surface area (Å²) in [6, 6.07) is 15.8. The van der Waals surface area contributed by atoms with E-state index in [-0.39, 0.29) is 5.78 Å². The molecular formula is C18H20O2. The number of carbonyl (C=O) groups is 1. The molecule has 2 heteroatoms. The van der Waals surface area contributed by atoms with Gasteiger partial charge >= 0.3 is 0 Å². The Kier molecular flexibility index (Phi) is 4.94. The lowest BCUT2D eigenvalue weighted by atomic mass is 10.1. The average molecular weight is 268 g/mol. The second-order valence-corrected chi connectivity index (χ2v) is 4.73. The van der Waals surface area contributed by atoms with Crippen molar-refractivity contribution in [3.63, 3.8) is 0 Å². The highest BCUT2D eigenvalue weighted by Crippen LogP contribution is 2.21. The Morgan fingerprint density at radius 3 is 2.25 bits per heavy atom. The van der Waals surface area contributed by atoms with Gasteiger partial charge in [0, 0.05) is 6.42 Å². The maximum absolute atomic E-state index is 11.8. The van der Waals surface area contributed by atoms with Gasteiger partial charge in [0.2, 0.25) is 0 Å². The SMILES string of the molecule is CCC(=O)c1ccccc1OCc1ccc(CC)cc1. The molecule has 0 aromatic heterocycles. The lowest BCUT2D eigenvalue weighted by Gasteiger charge is -2.10. The molecule has 0 radical (unpaired) electrons. The van der Waals surface area contributed by atoms with Crippen LogP contribution in [0.1, 0.15) is 41.8 Å². The Balaban J connectivity index is 2.08. The summed E-state index contributed by atoms with van der Waals surface area (Å²) < 4.78 is 5.80. The lowest BCUT2D eigenvalue weighted by molar-refractivity contribution is 0.0983. The summed E-state index contributed by atoms with van der Waals surface area (Å²) in [5.74, 6) is 0.779. The number of benzene rings is 2. The van der Waals surface area contributed by atoms with Crippen LogP contribution >= 0.6 is 0 Å². The molecule has 0 unspecified atom stereocenters. The van der Waals surface area contributed by atoms with E-state index in [0.717, 1.165) is 12.0 Å². The van der Waals surface area contributed by atoms with Crippen LogP contribution in [0.3, 0.4) is 0 Å². The fourth-order valence-corrected chi connectivity index (χ4v) is 2.05. The molecule has 2 aromatic rings. The van der Waals surface area contributed by atoms with Gasteiger partial charge in [-0.3, -0.25) is 4.79 Å². The molecule has 0 aliphatic carbocycles. The number of hydrogen-bond acceptors (Lipinski definition) is 2. The van der Waals surface area contributed by atoms with Crippen molar-refractivity contribution in [2.75, 3.05) is 0 Å². The van der Waals surface area contributed by atoms with Crippen molar-refractivity contribution in [3.05, 3.63) is 65.2 Å². The van der Waals surface area contributed by atoms with Crippen molar-refractivity contribution in [2.45, 2.75) is 33.3 Å². The second kappa shape index (κ2) is 6.90. The molecule has 2 nitrogen and oxygen atoms in total. The normalized spacial score (nSPS) is 10.3. The Morgan fingerprint density at radius 1 is 0.950 bits per heavy atom. The van der Waals surface area contributed by atoms with E-state index in [1.54, 1.807) is 0 Å². The van der Waals surface area contributed by atoms with Crippen LogP contribution in [0.15, 0.2) is 48.5 Å². The van der Waals surface area contributed by atoms with Crippen LogP contribution in [-0.4, -0.2) is 5.78 Å². The molecule has 0 amide bonds. The van der Waals surface area contributed by atoms with Gasteiger partial charge in [0.05, 0.1) is 5.56 Å². The number of ketones is 1. The minimum absolute atomic E-state index is 0.113. The smallest absolute Gasteiger partial charge is 0.166 e. The van der Waals surface area contributed by atoms with Crippen molar-refractivity contribution in [3.8, 4) is 5.75 Å². The monoisotopic (exact) mass is 268 g/mol. The van der Waals surface area contributed by atoms with E-state index in [2.05, 4.69) is 31.2 Å². The molecule has 0 saturated carbocycles. The van der Waals surface area contributed by atoms with Crippen LogP contribution in [0, 0.1) is 0 Å². The van der Waals surface area contributed by atoms with E-state index >= 15 is 0 Å². The lowest BCUT2D eigenvalue weighted by Crippen LogP contribution is -2.03. The standard InChI is InChI=1S/C18H20O2/c1-3-14-9-11-15(12-10-14)13-20-18-8-6-5-7-16(18)17(19)4-2/h5-12H,3-4,13H2,1-2H3. The Morgan fingerprint density at radius 2 is 1.60 bits per heavy atom. The minimum Gasteiger partial charge on any atom is -0.488 e. The quantitative estimate of drug-likeness (QED) is 0.725. The van der Waals surface area contributed by atoms with E-state index < -0.39 is 0 Å². The first kappa shape index (κ1) is 14.3. The molecule has 0 atom stereocenters. The maximum Gasteiger partial charge on any atom is 0.166 e. The molecule has 2 aromatic carbocycles. The van der Waals surface area contributed by atoms with Crippen molar-refractivity contribution >= 4 is 5.78 Å². The van der Waals surface area contributed by atoms with Crippen LogP contribution < -0.4 is 4.74 Å². The van der Waals surface area contributed by atoms with Crippen LogP contribution in [0.4, 0.5) is 0 Å². The highest BCUT2D eigenvalue weighted by molar-refractivity contribution is 5.98. The molecule has 2 rings (SSSR count). The molecule has 0 heterocycles. The summed E-state index contributed by atoms with van der Waals surface area (Å²) in [7, 11) is 0. The molecule has 0 bridgehead atoms. The van der Waals surface area contributed by atoms with E-state index in [4.69, 9.17) is 4.74 Å². The first-order chi connectivity index (χ1) is 9.74. The molecule has 20 heavy (non-hydrogen) atoms. The first-order valence-corrected chi connectivity index (χ1v) is 7.07. The Labute approximate surface area is 120 Å². The Hall–Kier alpha value is -2.09. The highest BCUT2D eigenvalue weighted by Gasteiger charge is 2.09. The minimum atomic E-state index is 0.113. The van der Waals surface area contributed by atoms with Gasteiger partial charge < -0.3 is 4.74 Å². The number of hydrogen-bond donors (Lipinski definition) is 0. The Bertz CT molecular complexity index is 570. The van der Waals surface area contributed by atoms with Crippen LogP contribution in [0.5, 0.6) is 5.75 Å². The van der Waals surface area contributed by atoms with E-state index in [0.29, 0.717) is 24.3 Å². The molecule has 0 N–H and O–H groups in total. The average Bonchev–Trinajstić information content (AvgIpc) is 2.53. The molecule has 104 valence electrons. The summed E-state index contributed by atoms with van der Waals surface area (Å²) in [5, 5.41) is 0. The number of aryl methyl sites for hydroxylation is 1. The van der Waals surface area contributed by atoms with Crippen LogP contribution in [-0.2, 0) is 13.0 Å². The van der Waals surface area contributed by atoms with Gasteiger partial charge in [0.25, 0.3) is 0 Å². The molecule has 0 fully saturated rings. The largest absolute Gasteiger partial charge is 0.488 e. The first-order valence-electron chi connectivity index (χ1n) is 7.07. The van der Waals surface area contributed by atoms with E-state index in [1.807, 2.05) is 31.2 Å². The van der Waals surface area contributed by atoms with Crippen molar-refractivity contribution < 1.29 is 9.53 Å². The third-order valence-corrected chi connectivity index (χ3v) is 3.33. The van der Waals surface area contributed by atoms with Crippen LogP contribution in [0.25, 0.3) is 0 Å². The molecule has 0 saturated heterocycles. The third kappa shape index (κ3) is 3.47. The zero-order valence-electron chi connectivity index (χ0n) is 12.1. The summed E-state index contributed by atoms with van der Waals surface area (Å²) in [6.07, 6.45) is 1.53. The van der Waals surface area contributed by atoms with Crippen molar-refractivity contribution in [2.24, 2.45) is 0 Å². The van der Waals surface area contributed by atoms with Gasteiger partial charge in [-0.15, -0.1) is 0 Å². The summed E-state index contributed by atoms with van der Waals surface area (Å²) in [5.41, 5.74) is 3.09. The fraction of sp³-hybridized carbons (Fsp3) is 0.278. The molecule has 0 spiro atoms.